The largest absolute Gasteiger partial charge is 0.383 e. The van der Waals surface area contributed by atoms with Crippen molar-refractivity contribution in [3.8, 4) is 0 Å². The summed E-state index contributed by atoms with van der Waals surface area (Å²) in [5, 5.41) is 4.21. The van der Waals surface area contributed by atoms with Crippen LogP contribution >= 0.6 is 15.9 Å². The van der Waals surface area contributed by atoms with Crippen molar-refractivity contribution >= 4 is 21.7 Å². The zero-order valence-electron chi connectivity index (χ0n) is 11.2. The van der Waals surface area contributed by atoms with E-state index in [0.717, 1.165) is 17.3 Å². The summed E-state index contributed by atoms with van der Waals surface area (Å²) in [6.07, 6.45) is 9.24. The third-order valence-electron chi connectivity index (χ3n) is 3.37. The molecule has 19 heavy (non-hydrogen) atoms. The van der Waals surface area contributed by atoms with Gasteiger partial charge in [0, 0.05) is 7.11 Å². The molecule has 0 bridgehead atoms. The normalized spacial score (nSPS) is 15.6. The summed E-state index contributed by atoms with van der Waals surface area (Å²) < 4.78 is 7.49. The van der Waals surface area contributed by atoms with Crippen LogP contribution in [0.4, 0.5) is 0 Å². The molecule has 104 valence electrons. The van der Waals surface area contributed by atoms with Gasteiger partial charge in [0.15, 0.2) is 0 Å². The first kappa shape index (κ1) is 14.5. The number of hydrogen-bond donors (Lipinski definition) is 0. The molecule has 0 unspecified atom stereocenters. The minimum absolute atomic E-state index is 0.0392. The van der Waals surface area contributed by atoms with Crippen molar-refractivity contribution in [3.63, 3.8) is 0 Å². The minimum Gasteiger partial charge on any atom is -0.383 e. The molecule has 2 rings (SSSR count). The van der Waals surface area contributed by atoms with Gasteiger partial charge in [-0.05, 0) is 47.7 Å². The first-order chi connectivity index (χ1) is 9.22. The number of methoxy groups -OCH3 is 1. The maximum absolute atomic E-state index is 12.4. The molecular formula is C14H19BrN2O2. The van der Waals surface area contributed by atoms with E-state index in [1.807, 2.05) is 0 Å². The zero-order chi connectivity index (χ0) is 13.7. The van der Waals surface area contributed by atoms with E-state index in [1.165, 1.54) is 24.8 Å². The van der Waals surface area contributed by atoms with E-state index in [2.05, 4.69) is 21.0 Å². The molecule has 0 atom stereocenters. The molecule has 1 aliphatic rings. The van der Waals surface area contributed by atoms with Crippen LogP contribution in [-0.4, -0.2) is 29.3 Å². The smallest absolute Gasteiger partial charge is 0.204 e. The molecule has 1 heterocycles. The molecule has 0 aromatic carbocycles. The van der Waals surface area contributed by atoms with Crippen molar-refractivity contribution in [3.05, 3.63) is 28.0 Å². The van der Waals surface area contributed by atoms with Crippen LogP contribution in [0, 0.1) is 0 Å². The molecule has 0 amide bonds. The predicted octanol–water partition coefficient (Wildman–Crippen LogP) is 3.37. The van der Waals surface area contributed by atoms with Crippen LogP contribution in [0.15, 0.2) is 22.3 Å². The Balaban J connectivity index is 2.15. The van der Waals surface area contributed by atoms with Crippen molar-refractivity contribution in [1.82, 2.24) is 9.78 Å². The van der Waals surface area contributed by atoms with Gasteiger partial charge in [0.05, 0.1) is 23.8 Å². The van der Waals surface area contributed by atoms with Gasteiger partial charge in [0.2, 0.25) is 5.78 Å². The number of nitrogens with zero attached hydrogens (tertiary/aromatic N) is 2. The predicted molar refractivity (Wildman–Crippen MR) is 77.3 cm³/mol. The highest BCUT2D eigenvalue weighted by atomic mass is 79.9. The highest BCUT2D eigenvalue weighted by molar-refractivity contribution is 9.10. The summed E-state index contributed by atoms with van der Waals surface area (Å²) in [6.45, 7) is 1.14. The number of carbonyl (C=O) groups excluding carboxylic acids is 1. The third kappa shape index (κ3) is 3.76. The topological polar surface area (TPSA) is 44.1 Å². The number of aromatic nitrogens is 2. The number of ether oxygens (including phenoxy) is 1. The van der Waals surface area contributed by atoms with Crippen molar-refractivity contribution in [2.24, 2.45) is 0 Å². The van der Waals surface area contributed by atoms with Crippen molar-refractivity contribution in [2.75, 3.05) is 13.7 Å². The number of hydrogen-bond acceptors (Lipinski definition) is 3. The Morgan fingerprint density at radius 2 is 2.21 bits per heavy atom. The van der Waals surface area contributed by atoms with Gasteiger partial charge in [-0.15, -0.1) is 0 Å². The maximum Gasteiger partial charge on any atom is 0.204 e. The number of rotatable bonds is 5. The SMILES string of the molecule is COCCn1ncc(Br)c1C(=O)C=C1CCCCC1. The summed E-state index contributed by atoms with van der Waals surface area (Å²) in [6, 6.07) is 0. The molecule has 1 aliphatic carbocycles. The van der Waals surface area contributed by atoms with Crippen molar-refractivity contribution in [1.29, 1.82) is 0 Å². The van der Waals surface area contributed by atoms with Crippen LogP contribution in [0.1, 0.15) is 42.6 Å². The number of allylic oxidation sites excluding steroid dienone is 2. The monoisotopic (exact) mass is 326 g/mol. The van der Waals surface area contributed by atoms with Crippen molar-refractivity contribution in [2.45, 2.75) is 38.6 Å². The van der Waals surface area contributed by atoms with E-state index >= 15 is 0 Å². The standard InChI is InChI=1S/C14H19BrN2O2/c1-19-8-7-17-14(12(15)10-16-17)13(18)9-11-5-3-2-4-6-11/h9-10H,2-8H2,1H3. The quantitative estimate of drug-likeness (QED) is 0.615. The molecule has 0 radical (unpaired) electrons. The maximum atomic E-state index is 12.4. The van der Waals surface area contributed by atoms with E-state index in [1.54, 1.807) is 24.1 Å². The Morgan fingerprint density at radius 1 is 1.47 bits per heavy atom. The number of ketones is 1. The molecule has 1 aromatic heterocycles. The number of carbonyl (C=O) groups is 1. The lowest BCUT2D eigenvalue weighted by Gasteiger charge is -2.13. The molecule has 0 saturated heterocycles. The fourth-order valence-corrected chi connectivity index (χ4v) is 2.85. The lowest BCUT2D eigenvalue weighted by atomic mass is 9.94. The molecule has 4 nitrogen and oxygen atoms in total. The van der Waals surface area contributed by atoms with Crippen LogP contribution in [0.2, 0.25) is 0 Å². The Hall–Kier alpha value is -0.940. The van der Waals surface area contributed by atoms with Gasteiger partial charge in [0.1, 0.15) is 5.69 Å². The summed E-state index contributed by atoms with van der Waals surface area (Å²) in [5.74, 6) is 0.0392. The average Bonchev–Trinajstić information content (AvgIpc) is 2.78. The van der Waals surface area contributed by atoms with Crippen LogP contribution in [-0.2, 0) is 11.3 Å². The minimum atomic E-state index is 0.0392. The van der Waals surface area contributed by atoms with E-state index in [0.29, 0.717) is 18.8 Å². The van der Waals surface area contributed by atoms with E-state index in [9.17, 15) is 4.79 Å². The summed E-state index contributed by atoms with van der Waals surface area (Å²) in [4.78, 5) is 12.4. The van der Waals surface area contributed by atoms with Gasteiger partial charge >= 0.3 is 0 Å². The summed E-state index contributed by atoms with van der Waals surface area (Å²) >= 11 is 3.40. The van der Waals surface area contributed by atoms with Gasteiger partial charge in [-0.25, -0.2) is 0 Å². The average molecular weight is 327 g/mol. The second-order valence-electron chi connectivity index (χ2n) is 4.78. The van der Waals surface area contributed by atoms with Crippen LogP contribution in [0.5, 0.6) is 0 Å². The van der Waals surface area contributed by atoms with Crippen LogP contribution < -0.4 is 0 Å². The van der Waals surface area contributed by atoms with Crippen molar-refractivity contribution < 1.29 is 9.53 Å². The molecule has 5 heteroatoms. The first-order valence-electron chi connectivity index (χ1n) is 6.66. The highest BCUT2D eigenvalue weighted by Crippen LogP contribution is 2.24. The van der Waals surface area contributed by atoms with Gasteiger partial charge in [0.25, 0.3) is 0 Å². The van der Waals surface area contributed by atoms with E-state index < -0.39 is 0 Å². The van der Waals surface area contributed by atoms with Gasteiger partial charge in [-0.1, -0.05) is 12.0 Å². The lowest BCUT2D eigenvalue weighted by Crippen LogP contribution is -2.13. The molecule has 0 N–H and O–H groups in total. The Bertz CT molecular complexity index is 472. The second-order valence-corrected chi connectivity index (χ2v) is 5.64. The lowest BCUT2D eigenvalue weighted by molar-refractivity contribution is 0.103. The second kappa shape index (κ2) is 7.01. The van der Waals surface area contributed by atoms with Crippen LogP contribution in [0.3, 0.4) is 0 Å². The molecule has 0 spiro atoms. The number of halogens is 1. The molecule has 1 saturated carbocycles. The fourth-order valence-electron chi connectivity index (χ4n) is 2.36. The fraction of sp³-hybridized carbons (Fsp3) is 0.571. The Kier molecular flexibility index (Phi) is 5.34. The molecule has 1 fully saturated rings. The molecular weight excluding hydrogens is 308 g/mol. The van der Waals surface area contributed by atoms with E-state index in [-0.39, 0.29) is 5.78 Å². The summed E-state index contributed by atoms with van der Waals surface area (Å²) in [7, 11) is 1.64. The highest BCUT2D eigenvalue weighted by Gasteiger charge is 2.16. The Labute approximate surface area is 122 Å². The summed E-state index contributed by atoms with van der Waals surface area (Å²) in [5.41, 5.74) is 1.89. The first-order valence-corrected chi connectivity index (χ1v) is 7.45. The zero-order valence-corrected chi connectivity index (χ0v) is 12.8. The van der Waals surface area contributed by atoms with Gasteiger partial charge in [-0.3, -0.25) is 9.48 Å². The Morgan fingerprint density at radius 3 is 2.89 bits per heavy atom. The molecule has 0 aliphatic heterocycles. The third-order valence-corrected chi connectivity index (χ3v) is 3.95. The van der Waals surface area contributed by atoms with E-state index in [4.69, 9.17) is 4.74 Å². The van der Waals surface area contributed by atoms with Crippen LogP contribution in [0.25, 0.3) is 0 Å². The van der Waals surface area contributed by atoms with Gasteiger partial charge < -0.3 is 4.74 Å². The molecule has 1 aromatic rings. The van der Waals surface area contributed by atoms with Gasteiger partial charge in [-0.2, -0.15) is 5.10 Å².